The molecule has 2 aromatic heterocycles. The molecule has 0 aliphatic carbocycles. The fraction of sp³-hybridized carbons (Fsp3) is 0.333. The lowest BCUT2D eigenvalue weighted by molar-refractivity contribution is 0.181. The zero-order valence-corrected chi connectivity index (χ0v) is 10.8. The summed E-state index contributed by atoms with van der Waals surface area (Å²) in [6, 6.07) is 3.99. The fourth-order valence-electron chi connectivity index (χ4n) is 1.56. The maximum absolute atomic E-state index is 5.70. The van der Waals surface area contributed by atoms with Crippen molar-refractivity contribution in [3.63, 3.8) is 0 Å². The number of pyridine rings is 1. The minimum absolute atomic E-state index is 0.488. The highest BCUT2D eigenvalue weighted by Gasteiger charge is 2.12. The zero-order chi connectivity index (χ0) is 12.3. The van der Waals surface area contributed by atoms with Gasteiger partial charge in [-0.05, 0) is 24.6 Å². The number of aryl methyl sites for hydroxylation is 1. The number of rotatable bonds is 4. The van der Waals surface area contributed by atoms with Gasteiger partial charge in [-0.3, -0.25) is 4.98 Å². The second-order valence-electron chi connectivity index (χ2n) is 3.74. The Morgan fingerprint density at radius 1 is 1.47 bits per heavy atom. The van der Waals surface area contributed by atoms with Gasteiger partial charge in [0, 0.05) is 24.7 Å². The highest BCUT2D eigenvalue weighted by Crippen LogP contribution is 2.27. The Morgan fingerprint density at radius 2 is 2.29 bits per heavy atom. The second kappa shape index (κ2) is 5.35. The van der Waals surface area contributed by atoms with Gasteiger partial charge in [0.25, 0.3) is 0 Å². The molecule has 0 amide bonds. The van der Waals surface area contributed by atoms with Gasteiger partial charge in [-0.2, -0.15) is 0 Å². The molecule has 0 saturated carbocycles. The van der Waals surface area contributed by atoms with Crippen molar-refractivity contribution in [3.05, 3.63) is 34.5 Å². The van der Waals surface area contributed by atoms with E-state index in [0.717, 1.165) is 21.3 Å². The Labute approximate surface area is 104 Å². The van der Waals surface area contributed by atoms with E-state index in [1.54, 1.807) is 24.6 Å². The summed E-state index contributed by atoms with van der Waals surface area (Å²) < 4.78 is 5.11. The molecule has 0 atom stereocenters. The molecule has 17 heavy (non-hydrogen) atoms. The molecule has 0 aromatic carbocycles. The van der Waals surface area contributed by atoms with Gasteiger partial charge in [0.2, 0.25) is 0 Å². The number of hydrogen-bond donors (Lipinski definition) is 1. The van der Waals surface area contributed by atoms with Gasteiger partial charge in [-0.25, -0.2) is 4.98 Å². The van der Waals surface area contributed by atoms with Crippen molar-refractivity contribution in [1.82, 2.24) is 9.97 Å². The number of aromatic nitrogens is 2. The zero-order valence-electron chi connectivity index (χ0n) is 9.93. The summed E-state index contributed by atoms with van der Waals surface area (Å²) >= 11 is 1.58. The molecule has 0 bridgehead atoms. The monoisotopic (exact) mass is 249 g/mol. The van der Waals surface area contributed by atoms with Crippen LogP contribution in [0.15, 0.2) is 18.3 Å². The standard InChI is InChI=1S/C12H15N3OS/c1-8-3-4-14-9(5-8)12-15-10(7-16-2)11(6-13)17-12/h3-5H,6-7,13H2,1-2H3. The highest BCUT2D eigenvalue weighted by molar-refractivity contribution is 7.15. The first kappa shape index (κ1) is 12.2. The summed E-state index contributed by atoms with van der Waals surface area (Å²) in [5.74, 6) is 0. The number of ether oxygens (including phenoxy) is 1. The Kier molecular flexibility index (Phi) is 3.83. The van der Waals surface area contributed by atoms with Crippen LogP contribution in [0.5, 0.6) is 0 Å². The van der Waals surface area contributed by atoms with Crippen molar-refractivity contribution in [2.45, 2.75) is 20.1 Å². The van der Waals surface area contributed by atoms with E-state index in [2.05, 4.69) is 9.97 Å². The molecule has 4 nitrogen and oxygen atoms in total. The molecule has 5 heteroatoms. The van der Waals surface area contributed by atoms with E-state index in [9.17, 15) is 0 Å². The molecule has 0 aliphatic heterocycles. The SMILES string of the molecule is COCc1nc(-c2cc(C)ccn2)sc1CN. The molecule has 2 aromatic rings. The van der Waals surface area contributed by atoms with Gasteiger partial charge in [-0.15, -0.1) is 11.3 Å². The molecular weight excluding hydrogens is 234 g/mol. The van der Waals surface area contributed by atoms with E-state index in [1.807, 2.05) is 19.1 Å². The molecule has 0 fully saturated rings. The third-order valence-electron chi connectivity index (χ3n) is 2.38. The summed E-state index contributed by atoms with van der Waals surface area (Å²) in [6.07, 6.45) is 1.80. The maximum Gasteiger partial charge on any atom is 0.142 e. The van der Waals surface area contributed by atoms with Crippen LogP contribution in [0, 0.1) is 6.92 Å². The van der Waals surface area contributed by atoms with Crippen molar-refractivity contribution in [3.8, 4) is 10.7 Å². The number of hydrogen-bond acceptors (Lipinski definition) is 5. The lowest BCUT2D eigenvalue weighted by Gasteiger charge is -1.96. The molecule has 0 radical (unpaired) electrons. The first-order valence-electron chi connectivity index (χ1n) is 5.35. The number of methoxy groups -OCH3 is 1. The van der Waals surface area contributed by atoms with Gasteiger partial charge >= 0.3 is 0 Å². The third kappa shape index (κ3) is 2.69. The van der Waals surface area contributed by atoms with Crippen LogP contribution < -0.4 is 5.73 Å². The molecule has 2 heterocycles. The van der Waals surface area contributed by atoms with E-state index in [1.165, 1.54) is 5.56 Å². The fourth-order valence-corrected chi connectivity index (χ4v) is 2.47. The number of thiazole rings is 1. The molecule has 90 valence electrons. The number of nitrogens with zero attached hydrogens (tertiary/aromatic N) is 2. The van der Waals surface area contributed by atoms with Crippen LogP contribution in [0.4, 0.5) is 0 Å². The van der Waals surface area contributed by atoms with Crippen LogP contribution >= 0.6 is 11.3 Å². The highest BCUT2D eigenvalue weighted by atomic mass is 32.1. The van der Waals surface area contributed by atoms with Gasteiger partial charge in [0.1, 0.15) is 5.01 Å². The predicted molar refractivity (Wildman–Crippen MR) is 68.7 cm³/mol. The van der Waals surface area contributed by atoms with Crippen molar-refractivity contribution in [2.24, 2.45) is 5.73 Å². The van der Waals surface area contributed by atoms with Crippen molar-refractivity contribution >= 4 is 11.3 Å². The summed E-state index contributed by atoms with van der Waals surface area (Å²) in [5, 5.41) is 0.904. The normalized spacial score (nSPS) is 10.8. The Balaban J connectivity index is 2.39. The number of nitrogens with two attached hydrogens (primary N) is 1. The van der Waals surface area contributed by atoms with E-state index in [0.29, 0.717) is 13.2 Å². The van der Waals surface area contributed by atoms with Crippen LogP contribution in [0.1, 0.15) is 16.1 Å². The molecule has 0 spiro atoms. The van der Waals surface area contributed by atoms with Crippen LogP contribution in [0.2, 0.25) is 0 Å². The van der Waals surface area contributed by atoms with Gasteiger partial charge in [-0.1, -0.05) is 0 Å². The van der Waals surface area contributed by atoms with Crippen molar-refractivity contribution in [2.75, 3.05) is 7.11 Å². The van der Waals surface area contributed by atoms with Gasteiger partial charge < -0.3 is 10.5 Å². The van der Waals surface area contributed by atoms with Gasteiger partial charge in [0.15, 0.2) is 0 Å². The topological polar surface area (TPSA) is 61.0 Å². The second-order valence-corrected chi connectivity index (χ2v) is 4.83. The lowest BCUT2D eigenvalue weighted by Crippen LogP contribution is -1.99. The molecule has 0 aliphatic rings. The van der Waals surface area contributed by atoms with Crippen LogP contribution in [0.3, 0.4) is 0 Å². The first-order valence-corrected chi connectivity index (χ1v) is 6.17. The molecule has 0 saturated heterocycles. The summed E-state index contributed by atoms with van der Waals surface area (Å²) in [6.45, 7) is 3.02. The average Bonchev–Trinajstić information content (AvgIpc) is 2.73. The Bertz CT molecular complexity index is 510. The Morgan fingerprint density at radius 3 is 2.94 bits per heavy atom. The maximum atomic E-state index is 5.70. The molecular formula is C12H15N3OS. The smallest absolute Gasteiger partial charge is 0.142 e. The molecule has 0 unspecified atom stereocenters. The van der Waals surface area contributed by atoms with Crippen molar-refractivity contribution in [1.29, 1.82) is 0 Å². The van der Waals surface area contributed by atoms with E-state index < -0.39 is 0 Å². The summed E-state index contributed by atoms with van der Waals surface area (Å²) in [7, 11) is 1.66. The molecule has 2 rings (SSSR count). The van der Waals surface area contributed by atoms with E-state index in [4.69, 9.17) is 10.5 Å². The van der Waals surface area contributed by atoms with E-state index >= 15 is 0 Å². The minimum Gasteiger partial charge on any atom is -0.378 e. The average molecular weight is 249 g/mol. The predicted octanol–water partition coefficient (Wildman–Crippen LogP) is 2.12. The summed E-state index contributed by atoms with van der Waals surface area (Å²) in [5.41, 5.74) is 8.68. The molecule has 2 N–H and O–H groups in total. The van der Waals surface area contributed by atoms with E-state index in [-0.39, 0.29) is 0 Å². The van der Waals surface area contributed by atoms with Crippen LogP contribution in [-0.4, -0.2) is 17.1 Å². The quantitative estimate of drug-likeness (QED) is 0.901. The first-order chi connectivity index (χ1) is 8.24. The Hall–Kier alpha value is -1.30. The largest absolute Gasteiger partial charge is 0.378 e. The van der Waals surface area contributed by atoms with Crippen molar-refractivity contribution < 1.29 is 4.74 Å². The third-order valence-corrected chi connectivity index (χ3v) is 3.52. The van der Waals surface area contributed by atoms with Crippen LogP contribution in [0.25, 0.3) is 10.7 Å². The minimum atomic E-state index is 0.488. The summed E-state index contributed by atoms with van der Waals surface area (Å²) in [4.78, 5) is 9.92. The van der Waals surface area contributed by atoms with Crippen LogP contribution in [-0.2, 0) is 17.9 Å². The lowest BCUT2D eigenvalue weighted by atomic mass is 10.2. The van der Waals surface area contributed by atoms with Gasteiger partial charge in [0.05, 0.1) is 18.0 Å².